The van der Waals surface area contributed by atoms with Gasteiger partial charge in [0.1, 0.15) is 5.75 Å². The van der Waals surface area contributed by atoms with Gasteiger partial charge in [-0.3, -0.25) is 0 Å². The predicted octanol–water partition coefficient (Wildman–Crippen LogP) is 2.82. The lowest BCUT2D eigenvalue weighted by Gasteiger charge is -2.15. The van der Waals surface area contributed by atoms with Gasteiger partial charge in [-0.05, 0) is 39.0 Å². The van der Waals surface area contributed by atoms with E-state index in [-0.39, 0.29) is 6.04 Å². The predicted molar refractivity (Wildman–Crippen MR) is 71.3 cm³/mol. The molecule has 1 unspecified atom stereocenters. The Labute approximate surface area is 102 Å². The largest absolute Gasteiger partial charge is 0.507 e. The van der Waals surface area contributed by atoms with E-state index in [0.29, 0.717) is 11.8 Å². The van der Waals surface area contributed by atoms with Crippen LogP contribution in [0.5, 0.6) is 5.75 Å². The van der Waals surface area contributed by atoms with E-state index < -0.39 is 0 Å². The first-order valence-electron chi connectivity index (χ1n) is 6.08. The number of phenolic OH excluding ortho intramolecular Hbond substituents is 1. The molecule has 0 spiro atoms. The number of aromatic hydroxyl groups is 1. The Morgan fingerprint density at radius 2 is 2.00 bits per heavy atom. The molecule has 0 fully saturated rings. The highest BCUT2D eigenvalue weighted by Crippen LogP contribution is 2.30. The molecule has 0 amide bonds. The summed E-state index contributed by atoms with van der Waals surface area (Å²) in [4.78, 5) is 0. The lowest BCUT2D eigenvalue weighted by molar-refractivity contribution is 0.481. The van der Waals surface area contributed by atoms with Crippen molar-refractivity contribution in [2.24, 2.45) is 5.73 Å². The lowest BCUT2D eigenvalue weighted by Crippen LogP contribution is -2.20. The van der Waals surface area contributed by atoms with Crippen molar-refractivity contribution in [2.45, 2.75) is 39.3 Å². The van der Waals surface area contributed by atoms with Crippen molar-refractivity contribution < 1.29 is 5.11 Å². The average Bonchev–Trinajstić information content (AvgIpc) is 2.56. The van der Waals surface area contributed by atoms with E-state index in [1.165, 1.54) is 5.69 Å². The van der Waals surface area contributed by atoms with Crippen molar-refractivity contribution >= 4 is 10.9 Å². The first-order chi connectivity index (χ1) is 8.00. The van der Waals surface area contributed by atoms with Crippen LogP contribution in [0.3, 0.4) is 0 Å². The van der Waals surface area contributed by atoms with Crippen LogP contribution in [0, 0.1) is 0 Å². The van der Waals surface area contributed by atoms with Gasteiger partial charge in [0.25, 0.3) is 0 Å². The number of rotatable bonds is 3. The standard InChI is InChI=1S/C14H20N2O/c1-9(2)16-11(7-10(3)15)8-12-13(16)5-4-6-14(12)17/h4-6,8-10,17H,7,15H2,1-3H3. The minimum absolute atomic E-state index is 0.124. The molecule has 3 N–H and O–H groups in total. The van der Waals surface area contributed by atoms with E-state index in [0.717, 1.165) is 17.3 Å². The zero-order valence-corrected chi connectivity index (χ0v) is 10.6. The van der Waals surface area contributed by atoms with Crippen LogP contribution in [0.4, 0.5) is 0 Å². The Hall–Kier alpha value is -1.48. The maximum atomic E-state index is 9.88. The summed E-state index contributed by atoms with van der Waals surface area (Å²) >= 11 is 0. The summed E-state index contributed by atoms with van der Waals surface area (Å²) in [5, 5.41) is 10.8. The average molecular weight is 232 g/mol. The summed E-state index contributed by atoms with van der Waals surface area (Å²) in [5.41, 5.74) is 8.14. The molecule has 1 aromatic carbocycles. The molecule has 0 aliphatic carbocycles. The number of fused-ring (bicyclic) bond motifs is 1. The third-order valence-corrected chi connectivity index (χ3v) is 2.99. The molecule has 2 aromatic rings. The monoisotopic (exact) mass is 232 g/mol. The van der Waals surface area contributed by atoms with Crippen LogP contribution < -0.4 is 5.73 Å². The second kappa shape index (κ2) is 4.41. The van der Waals surface area contributed by atoms with Crippen molar-refractivity contribution in [3.8, 4) is 5.75 Å². The molecule has 3 heteroatoms. The van der Waals surface area contributed by atoms with Gasteiger partial charge < -0.3 is 15.4 Å². The highest BCUT2D eigenvalue weighted by Gasteiger charge is 2.14. The summed E-state index contributed by atoms with van der Waals surface area (Å²) in [7, 11) is 0. The highest BCUT2D eigenvalue weighted by molar-refractivity contribution is 5.87. The Morgan fingerprint density at radius 1 is 1.29 bits per heavy atom. The molecule has 1 aromatic heterocycles. The van der Waals surface area contributed by atoms with Gasteiger partial charge in [-0.15, -0.1) is 0 Å². The Bertz CT molecular complexity index is 526. The van der Waals surface area contributed by atoms with E-state index in [1.807, 2.05) is 25.1 Å². The number of hydrogen-bond donors (Lipinski definition) is 2. The number of nitrogens with two attached hydrogens (primary N) is 1. The third-order valence-electron chi connectivity index (χ3n) is 2.99. The number of nitrogens with zero attached hydrogens (tertiary/aromatic N) is 1. The van der Waals surface area contributed by atoms with Gasteiger partial charge in [0, 0.05) is 29.6 Å². The molecule has 1 heterocycles. The molecular formula is C14H20N2O. The van der Waals surface area contributed by atoms with Gasteiger partial charge in [-0.2, -0.15) is 0 Å². The molecular weight excluding hydrogens is 212 g/mol. The van der Waals surface area contributed by atoms with Crippen LogP contribution in [-0.4, -0.2) is 15.7 Å². The fourth-order valence-corrected chi connectivity index (χ4v) is 2.39. The second-order valence-electron chi connectivity index (χ2n) is 4.99. The van der Waals surface area contributed by atoms with Gasteiger partial charge in [0.2, 0.25) is 0 Å². The summed E-state index contributed by atoms with van der Waals surface area (Å²) in [6.45, 7) is 6.30. The van der Waals surface area contributed by atoms with Crippen LogP contribution in [0.2, 0.25) is 0 Å². The fourth-order valence-electron chi connectivity index (χ4n) is 2.39. The van der Waals surface area contributed by atoms with Gasteiger partial charge in [-0.1, -0.05) is 6.07 Å². The molecule has 0 radical (unpaired) electrons. The molecule has 17 heavy (non-hydrogen) atoms. The SMILES string of the molecule is CC(N)Cc1cc2c(O)cccc2n1C(C)C. The van der Waals surface area contributed by atoms with E-state index in [2.05, 4.69) is 18.4 Å². The summed E-state index contributed by atoms with van der Waals surface area (Å²) < 4.78 is 2.25. The molecule has 0 saturated carbocycles. The molecule has 0 saturated heterocycles. The van der Waals surface area contributed by atoms with Crippen LogP contribution in [0.25, 0.3) is 10.9 Å². The van der Waals surface area contributed by atoms with E-state index in [1.54, 1.807) is 6.07 Å². The molecule has 1 atom stereocenters. The fraction of sp³-hybridized carbons (Fsp3) is 0.429. The Kier molecular flexibility index (Phi) is 3.11. The third kappa shape index (κ3) is 2.15. The molecule has 2 rings (SSSR count). The van der Waals surface area contributed by atoms with Gasteiger partial charge in [-0.25, -0.2) is 0 Å². The normalized spacial score (nSPS) is 13.5. The second-order valence-corrected chi connectivity index (χ2v) is 4.99. The number of hydrogen-bond acceptors (Lipinski definition) is 2. The minimum Gasteiger partial charge on any atom is -0.507 e. The van der Waals surface area contributed by atoms with Crippen molar-refractivity contribution in [3.05, 3.63) is 30.0 Å². The number of benzene rings is 1. The first-order valence-corrected chi connectivity index (χ1v) is 6.08. The van der Waals surface area contributed by atoms with Crippen LogP contribution in [0.15, 0.2) is 24.3 Å². The molecule has 0 bridgehead atoms. The van der Waals surface area contributed by atoms with E-state index in [9.17, 15) is 5.11 Å². The highest BCUT2D eigenvalue weighted by atomic mass is 16.3. The maximum Gasteiger partial charge on any atom is 0.124 e. The topological polar surface area (TPSA) is 51.2 Å². The summed E-state index contributed by atoms with van der Waals surface area (Å²) in [5.74, 6) is 0.341. The smallest absolute Gasteiger partial charge is 0.124 e. The van der Waals surface area contributed by atoms with Gasteiger partial charge >= 0.3 is 0 Å². The molecule has 0 aliphatic heterocycles. The van der Waals surface area contributed by atoms with Crippen LogP contribution >= 0.6 is 0 Å². The number of phenols is 1. The molecule has 3 nitrogen and oxygen atoms in total. The van der Waals surface area contributed by atoms with Gasteiger partial charge in [0.05, 0.1) is 5.52 Å². The zero-order chi connectivity index (χ0) is 12.6. The van der Waals surface area contributed by atoms with E-state index in [4.69, 9.17) is 5.73 Å². The minimum atomic E-state index is 0.124. The van der Waals surface area contributed by atoms with Gasteiger partial charge in [0.15, 0.2) is 0 Å². The number of aromatic nitrogens is 1. The quantitative estimate of drug-likeness (QED) is 0.855. The lowest BCUT2D eigenvalue weighted by atomic mass is 10.2. The zero-order valence-electron chi connectivity index (χ0n) is 10.6. The van der Waals surface area contributed by atoms with Crippen molar-refractivity contribution in [2.75, 3.05) is 0 Å². The Balaban J connectivity index is 2.66. The first kappa shape index (κ1) is 12.0. The van der Waals surface area contributed by atoms with Crippen molar-refractivity contribution in [3.63, 3.8) is 0 Å². The van der Waals surface area contributed by atoms with E-state index >= 15 is 0 Å². The maximum absolute atomic E-state index is 9.88. The summed E-state index contributed by atoms with van der Waals surface area (Å²) in [6, 6.07) is 8.19. The molecule has 0 aliphatic rings. The van der Waals surface area contributed by atoms with Crippen LogP contribution in [0.1, 0.15) is 32.5 Å². The Morgan fingerprint density at radius 3 is 2.59 bits per heavy atom. The van der Waals surface area contributed by atoms with Crippen molar-refractivity contribution in [1.29, 1.82) is 0 Å². The summed E-state index contributed by atoms with van der Waals surface area (Å²) in [6.07, 6.45) is 0.826. The van der Waals surface area contributed by atoms with Crippen molar-refractivity contribution in [1.82, 2.24) is 4.57 Å². The van der Waals surface area contributed by atoms with Crippen LogP contribution in [-0.2, 0) is 6.42 Å². The molecule has 92 valence electrons.